The second-order valence-corrected chi connectivity index (χ2v) is 8.89. The van der Waals surface area contributed by atoms with Crippen LogP contribution >= 0.6 is 22.9 Å². The molecular weight excluding hydrogens is 424 g/mol. The second-order valence-electron chi connectivity index (χ2n) is 7.27. The molecule has 1 aromatic carbocycles. The molecule has 0 atom stereocenters. The van der Waals surface area contributed by atoms with Gasteiger partial charge in [0.05, 0.1) is 18.6 Å². The lowest BCUT2D eigenvalue weighted by atomic mass is 9.98. The molecule has 0 saturated heterocycles. The van der Waals surface area contributed by atoms with E-state index in [0.29, 0.717) is 43.1 Å². The highest BCUT2D eigenvalue weighted by Crippen LogP contribution is 2.34. The second kappa shape index (κ2) is 10.2. The summed E-state index contributed by atoms with van der Waals surface area (Å²) in [5, 5.41) is 0.626. The van der Waals surface area contributed by atoms with Crippen molar-refractivity contribution in [1.29, 1.82) is 0 Å². The van der Waals surface area contributed by atoms with Crippen LogP contribution in [-0.2, 0) is 40.1 Å². The monoisotopic (exact) mass is 448 g/mol. The molecule has 0 fully saturated rings. The van der Waals surface area contributed by atoms with E-state index in [4.69, 9.17) is 22.1 Å². The molecule has 160 valence electrons. The van der Waals surface area contributed by atoms with E-state index in [1.807, 2.05) is 12.1 Å². The third kappa shape index (κ3) is 5.68. The first-order chi connectivity index (χ1) is 14.4. The van der Waals surface area contributed by atoms with Crippen molar-refractivity contribution in [2.75, 3.05) is 19.7 Å². The summed E-state index contributed by atoms with van der Waals surface area (Å²) in [5.41, 5.74) is 8.00. The maximum Gasteiger partial charge on any atom is 0.307 e. The molecule has 0 aliphatic carbocycles. The fourth-order valence-electron chi connectivity index (χ4n) is 3.67. The van der Waals surface area contributed by atoms with E-state index in [1.165, 1.54) is 11.3 Å². The Hall–Kier alpha value is -2.22. The number of primary amides is 1. The summed E-state index contributed by atoms with van der Waals surface area (Å²) >= 11 is 7.37. The van der Waals surface area contributed by atoms with Crippen LogP contribution in [0.15, 0.2) is 24.3 Å². The van der Waals surface area contributed by atoms with Crippen LogP contribution in [0.2, 0.25) is 5.02 Å². The van der Waals surface area contributed by atoms with Crippen molar-refractivity contribution >= 4 is 40.6 Å². The van der Waals surface area contributed by atoms with Crippen molar-refractivity contribution in [3.05, 3.63) is 55.7 Å². The van der Waals surface area contributed by atoms with Crippen LogP contribution in [0.25, 0.3) is 0 Å². The number of thiophene rings is 1. The number of hydrogen-bond acceptors (Lipinski definition) is 6. The molecule has 0 radical (unpaired) electrons. The highest BCUT2D eigenvalue weighted by Gasteiger charge is 2.27. The number of nitrogens with two attached hydrogens (primary N) is 1. The van der Waals surface area contributed by atoms with E-state index in [9.17, 15) is 14.4 Å². The molecule has 0 bridgehead atoms. The van der Waals surface area contributed by atoms with E-state index in [-0.39, 0.29) is 24.6 Å². The first-order valence-corrected chi connectivity index (χ1v) is 11.1. The Bertz CT molecular complexity index is 939. The van der Waals surface area contributed by atoms with E-state index in [1.54, 1.807) is 19.1 Å². The number of nitrogens with zero attached hydrogens (tertiary/aromatic N) is 1. The molecule has 1 aliphatic rings. The molecule has 1 aliphatic heterocycles. The van der Waals surface area contributed by atoms with Gasteiger partial charge in [-0.2, -0.15) is 0 Å². The van der Waals surface area contributed by atoms with Crippen molar-refractivity contribution in [2.45, 2.75) is 39.2 Å². The predicted molar refractivity (Wildman–Crippen MR) is 117 cm³/mol. The number of carbonyl (C=O) groups excluding carboxylic acids is 3. The summed E-state index contributed by atoms with van der Waals surface area (Å²) in [6, 6.07) is 7.17. The first-order valence-electron chi connectivity index (χ1n) is 9.94. The van der Waals surface area contributed by atoms with Crippen molar-refractivity contribution in [1.82, 2.24) is 4.90 Å². The van der Waals surface area contributed by atoms with E-state index in [0.717, 1.165) is 27.4 Å². The van der Waals surface area contributed by atoms with Gasteiger partial charge in [-0.3, -0.25) is 19.3 Å². The first kappa shape index (κ1) is 22.5. The molecule has 0 spiro atoms. The van der Waals surface area contributed by atoms with E-state index in [2.05, 4.69) is 4.90 Å². The molecular formula is C22H25ClN2O4S. The van der Waals surface area contributed by atoms with Gasteiger partial charge in [0.15, 0.2) is 0 Å². The lowest BCUT2D eigenvalue weighted by Crippen LogP contribution is -2.32. The van der Waals surface area contributed by atoms with Crippen LogP contribution in [0.4, 0.5) is 0 Å². The van der Waals surface area contributed by atoms with Crippen LogP contribution < -0.4 is 5.73 Å². The number of rotatable bonds is 9. The third-order valence-corrected chi connectivity index (χ3v) is 6.53. The Morgan fingerprint density at radius 3 is 2.60 bits per heavy atom. The Labute approximate surface area is 185 Å². The number of ketones is 1. The summed E-state index contributed by atoms with van der Waals surface area (Å²) < 4.78 is 4.99. The number of benzene rings is 1. The molecule has 30 heavy (non-hydrogen) atoms. The average Bonchev–Trinajstić information content (AvgIpc) is 3.05. The zero-order chi connectivity index (χ0) is 21.7. The van der Waals surface area contributed by atoms with Gasteiger partial charge in [0.1, 0.15) is 5.78 Å². The molecule has 2 heterocycles. The van der Waals surface area contributed by atoms with Gasteiger partial charge in [0, 0.05) is 47.3 Å². The highest BCUT2D eigenvalue weighted by molar-refractivity contribution is 7.12. The van der Waals surface area contributed by atoms with Gasteiger partial charge in [-0.1, -0.05) is 23.7 Å². The van der Waals surface area contributed by atoms with Gasteiger partial charge < -0.3 is 10.5 Å². The summed E-state index contributed by atoms with van der Waals surface area (Å²) in [5.74, 6) is -0.667. The molecule has 0 saturated carbocycles. The molecule has 1 amide bonds. The average molecular weight is 449 g/mol. The number of Topliss-reactive ketones (excluding diaryl/α,β-unsaturated/α-hetero) is 1. The van der Waals surface area contributed by atoms with Crippen molar-refractivity contribution in [3.8, 4) is 0 Å². The minimum atomic E-state index is -0.484. The molecule has 3 rings (SSSR count). The summed E-state index contributed by atoms with van der Waals surface area (Å²) in [7, 11) is 0. The zero-order valence-electron chi connectivity index (χ0n) is 16.9. The summed E-state index contributed by atoms with van der Waals surface area (Å²) in [6.07, 6.45) is 1.48. The minimum absolute atomic E-state index is 0.0255. The molecule has 1 aromatic heterocycles. The SMILES string of the molecule is CCOC(=O)CCN1CCc2c(sc(CC(=O)Cc3ccc(Cl)cc3)c2C(N)=O)C1. The Kier molecular flexibility index (Phi) is 7.64. The number of ether oxygens (including phenoxy) is 1. The number of esters is 1. The number of amides is 1. The van der Waals surface area contributed by atoms with Crippen molar-refractivity contribution < 1.29 is 19.1 Å². The molecule has 2 N–H and O–H groups in total. The van der Waals surface area contributed by atoms with Crippen LogP contribution in [0, 0.1) is 0 Å². The molecule has 0 unspecified atom stereocenters. The van der Waals surface area contributed by atoms with Gasteiger partial charge in [0.25, 0.3) is 0 Å². The predicted octanol–water partition coefficient (Wildman–Crippen LogP) is 3.17. The molecule has 6 nitrogen and oxygen atoms in total. The van der Waals surface area contributed by atoms with Gasteiger partial charge in [-0.25, -0.2) is 0 Å². The smallest absolute Gasteiger partial charge is 0.307 e. The van der Waals surface area contributed by atoms with Gasteiger partial charge in [-0.05, 0) is 36.6 Å². The van der Waals surface area contributed by atoms with Gasteiger partial charge >= 0.3 is 5.97 Å². The highest BCUT2D eigenvalue weighted by atomic mass is 35.5. The number of hydrogen-bond donors (Lipinski definition) is 1. The Balaban J connectivity index is 1.69. The largest absolute Gasteiger partial charge is 0.466 e. The Morgan fingerprint density at radius 2 is 1.93 bits per heavy atom. The maximum absolute atomic E-state index is 12.6. The van der Waals surface area contributed by atoms with Crippen molar-refractivity contribution in [2.24, 2.45) is 5.73 Å². The number of halogens is 1. The van der Waals surface area contributed by atoms with Crippen LogP contribution in [-0.4, -0.2) is 42.3 Å². The molecule has 2 aromatic rings. The van der Waals surface area contributed by atoms with E-state index >= 15 is 0 Å². The fraction of sp³-hybridized carbons (Fsp3) is 0.409. The quantitative estimate of drug-likeness (QED) is 0.595. The lowest BCUT2D eigenvalue weighted by molar-refractivity contribution is -0.143. The van der Waals surface area contributed by atoms with Crippen LogP contribution in [0.5, 0.6) is 0 Å². The number of fused-ring (bicyclic) bond motifs is 1. The standard InChI is InChI=1S/C22H25ClN2O4S/c1-2-29-20(27)8-10-25-9-7-17-19(13-25)30-18(21(17)22(24)28)12-16(26)11-14-3-5-15(23)6-4-14/h3-6H,2,7-13H2,1H3,(H2,24,28). The van der Waals surface area contributed by atoms with E-state index < -0.39 is 5.91 Å². The topological polar surface area (TPSA) is 89.7 Å². The maximum atomic E-state index is 12.6. The number of carbonyl (C=O) groups is 3. The van der Waals surface area contributed by atoms with Crippen LogP contribution in [0.3, 0.4) is 0 Å². The molecule has 8 heteroatoms. The lowest BCUT2D eigenvalue weighted by Gasteiger charge is -2.26. The Morgan fingerprint density at radius 1 is 1.20 bits per heavy atom. The minimum Gasteiger partial charge on any atom is -0.466 e. The van der Waals surface area contributed by atoms with Gasteiger partial charge in [-0.15, -0.1) is 11.3 Å². The van der Waals surface area contributed by atoms with Gasteiger partial charge in [0.2, 0.25) is 5.91 Å². The summed E-state index contributed by atoms with van der Waals surface area (Å²) in [4.78, 5) is 40.3. The third-order valence-electron chi connectivity index (χ3n) is 5.07. The fourth-order valence-corrected chi connectivity index (χ4v) is 5.23. The normalized spacial score (nSPS) is 13.7. The van der Waals surface area contributed by atoms with Crippen LogP contribution in [0.1, 0.15) is 44.6 Å². The summed E-state index contributed by atoms with van der Waals surface area (Å²) in [6.45, 7) is 4.15. The van der Waals surface area contributed by atoms with Crippen molar-refractivity contribution in [3.63, 3.8) is 0 Å². The zero-order valence-corrected chi connectivity index (χ0v) is 18.5.